The number of nitrogens with zero attached hydrogens (tertiary/aromatic N) is 1. The fourth-order valence-corrected chi connectivity index (χ4v) is 2.47. The highest BCUT2D eigenvalue weighted by atomic mass is 35.5. The number of aryl methyl sites for hydroxylation is 1. The predicted molar refractivity (Wildman–Crippen MR) is 75.4 cm³/mol. The molecule has 0 unspecified atom stereocenters. The maximum atomic E-state index is 13.1. The quantitative estimate of drug-likeness (QED) is 0.848. The molecule has 0 atom stereocenters. The minimum Gasteiger partial charge on any atom is -0.384 e. The Kier molecular flexibility index (Phi) is 3.82. The van der Waals surface area contributed by atoms with Crippen LogP contribution in [-0.4, -0.2) is 11.5 Å². The molecule has 2 nitrogen and oxygen atoms in total. The van der Waals surface area contributed by atoms with Gasteiger partial charge in [-0.15, -0.1) is 0 Å². The highest BCUT2D eigenvalue weighted by Crippen LogP contribution is 2.40. The van der Waals surface area contributed by atoms with Crippen LogP contribution in [0.1, 0.15) is 23.7 Å². The van der Waals surface area contributed by atoms with E-state index in [9.17, 15) is 13.2 Å². The molecule has 20 heavy (non-hydrogen) atoms. The van der Waals surface area contributed by atoms with Crippen LogP contribution in [0, 0.1) is 13.8 Å². The number of nitrogens with one attached hydrogen (secondary N) is 1. The third-order valence-corrected chi connectivity index (χ3v) is 3.47. The molecule has 0 saturated heterocycles. The van der Waals surface area contributed by atoms with Crippen LogP contribution < -0.4 is 5.32 Å². The van der Waals surface area contributed by atoms with Crippen LogP contribution in [0.4, 0.5) is 18.9 Å². The number of halogens is 4. The second-order valence-electron chi connectivity index (χ2n) is 4.58. The van der Waals surface area contributed by atoms with Gasteiger partial charge in [-0.3, -0.25) is 0 Å². The Morgan fingerprint density at radius 1 is 1.25 bits per heavy atom. The van der Waals surface area contributed by atoms with Gasteiger partial charge in [-0.25, -0.2) is 4.98 Å². The Morgan fingerprint density at radius 2 is 1.90 bits per heavy atom. The summed E-state index contributed by atoms with van der Waals surface area (Å²) in [6.07, 6.45) is -4.49. The molecule has 0 aliphatic carbocycles. The number of fused-ring (bicyclic) bond motifs is 1. The number of pyridine rings is 1. The first-order chi connectivity index (χ1) is 9.27. The molecular formula is C14H14ClF3N2. The summed E-state index contributed by atoms with van der Waals surface area (Å²) >= 11 is 6.15. The average molecular weight is 303 g/mol. The monoisotopic (exact) mass is 302 g/mol. The number of rotatable bonds is 2. The summed E-state index contributed by atoms with van der Waals surface area (Å²) in [5, 5.41) is 3.91. The van der Waals surface area contributed by atoms with Gasteiger partial charge in [0.05, 0.1) is 16.2 Å². The van der Waals surface area contributed by atoms with Gasteiger partial charge in [0.15, 0.2) is 0 Å². The van der Waals surface area contributed by atoms with Crippen molar-refractivity contribution in [2.75, 3.05) is 11.9 Å². The van der Waals surface area contributed by atoms with Crippen molar-refractivity contribution in [3.63, 3.8) is 0 Å². The van der Waals surface area contributed by atoms with E-state index in [-0.39, 0.29) is 11.1 Å². The van der Waals surface area contributed by atoms with Crippen molar-refractivity contribution >= 4 is 28.2 Å². The van der Waals surface area contributed by atoms with Crippen LogP contribution in [0.5, 0.6) is 0 Å². The van der Waals surface area contributed by atoms with Crippen molar-refractivity contribution in [2.45, 2.75) is 26.9 Å². The largest absolute Gasteiger partial charge is 0.433 e. The molecule has 1 N–H and O–H groups in total. The van der Waals surface area contributed by atoms with Crippen LogP contribution >= 0.6 is 11.6 Å². The molecule has 0 aliphatic heterocycles. The van der Waals surface area contributed by atoms with E-state index in [0.717, 1.165) is 0 Å². The first-order valence-electron chi connectivity index (χ1n) is 6.17. The van der Waals surface area contributed by atoms with Gasteiger partial charge in [-0.05, 0) is 32.4 Å². The molecule has 0 radical (unpaired) electrons. The minimum absolute atomic E-state index is 0.0688. The number of aromatic nitrogens is 1. The van der Waals surface area contributed by atoms with Crippen molar-refractivity contribution in [2.24, 2.45) is 0 Å². The van der Waals surface area contributed by atoms with Gasteiger partial charge in [0.2, 0.25) is 0 Å². The van der Waals surface area contributed by atoms with Crippen molar-refractivity contribution in [1.29, 1.82) is 0 Å². The van der Waals surface area contributed by atoms with Crippen LogP contribution in [0.2, 0.25) is 5.02 Å². The minimum atomic E-state index is -4.49. The van der Waals surface area contributed by atoms with Gasteiger partial charge < -0.3 is 5.32 Å². The predicted octanol–water partition coefficient (Wildman–Crippen LogP) is 4.96. The molecule has 1 aromatic carbocycles. The zero-order chi connectivity index (χ0) is 15.1. The summed E-state index contributed by atoms with van der Waals surface area (Å²) in [6, 6.07) is 3.34. The van der Waals surface area contributed by atoms with E-state index < -0.39 is 11.9 Å². The normalized spacial score (nSPS) is 11.9. The van der Waals surface area contributed by atoms with E-state index >= 15 is 0 Å². The summed E-state index contributed by atoms with van der Waals surface area (Å²) in [4.78, 5) is 3.80. The van der Waals surface area contributed by atoms with Gasteiger partial charge >= 0.3 is 6.18 Å². The van der Waals surface area contributed by atoms with E-state index in [4.69, 9.17) is 11.6 Å². The SMILES string of the molecule is CCNc1c(C)c(C(F)(F)F)nc2c(C)ccc(Cl)c12. The molecular weight excluding hydrogens is 289 g/mol. The van der Waals surface area contributed by atoms with Gasteiger partial charge in [0, 0.05) is 17.5 Å². The van der Waals surface area contributed by atoms with Crippen LogP contribution in [0.25, 0.3) is 10.9 Å². The lowest BCUT2D eigenvalue weighted by Crippen LogP contribution is -2.14. The second kappa shape index (κ2) is 5.13. The Bertz CT molecular complexity index is 666. The highest BCUT2D eigenvalue weighted by molar-refractivity contribution is 6.36. The number of hydrogen-bond acceptors (Lipinski definition) is 2. The molecule has 1 aromatic heterocycles. The van der Waals surface area contributed by atoms with Gasteiger partial charge in [-0.1, -0.05) is 17.7 Å². The number of hydrogen-bond donors (Lipinski definition) is 1. The van der Waals surface area contributed by atoms with Gasteiger partial charge in [0.25, 0.3) is 0 Å². The maximum absolute atomic E-state index is 13.1. The van der Waals surface area contributed by atoms with E-state index in [0.29, 0.717) is 28.2 Å². The first kappa shape index (κ1) is 14.9. The lowest BCUT2D eigenvalue weighted by atomic mass is 10.0. The standard InChI is InChI=1S/C14H14ClF3N2/c1-4-19-12-8(3)13(14(16,17)18)20-11-7(2)5-6-9(15)10(11)12/h5-6H,4H2,1-3H3,(H,19,20). The maximum Gasteiger partial charge on any atom is 0.433 e. The fourth-order valence-electron chi connectivity index (χ4n) is 2.23. The average Bonchev–Trinajstić information content (AvgIpc) is 2.35. The molecule has 6 heteroatoms. The molecule has 0 aliphatic rings. The first-order valence-corrected chi connectivity index (χ1v) is 6.55. The van der Waals surface area contributed by atoms with Crippen molar-refractivity contribution in [3.05, 3.63) is 34.0 Å². The zero-order valence-corrected chi connectivity index (χ0v) is 12.1. The Labute approximate surface area is 120 Å². The van der Waals surface area contributed by atoms with Crippen molar-refractivity contribution < 1.29 is 13.2 Å². The molecule has 0 bridgehead atoms. The Balaban J connectivity index is 2.95. The Morgan fingerprint density at radius 3 is 2.45 bits per heavy atom. The molecule has 0 saturated carbocycles. The highest BCUT2D eigenvalue weighted by Gasteiger charge is 2.36. The van der Waals surface area contributed by atoms with Crippen molar-refractivity contribution in [3.8, 4) is 0 Å². The molecule has 1 heterocycles. The van der Waals surface area contributed by atoms with Crippen LogP contribution in [0.3, 0.4) is 0 Å². The molecule has 2 rings (SSSR count). The third-order valence-electron chi connectivity index (χ3n) is 3.15. The number of alkyl halides is 3. The van der Waals surface area contributed by atoms with Crippen LogP contribution in [-0.2, 0) is 6.18 Å². The van der Waals surface area contributed by atoms with E-state index in [1.54, 1.807) is 19.1 Å². The summed E-state index contributed by atoms with van der Waals surface area (Å²) in [5.74, 6) is 0. The van der Waals surface area contributed by atoms with E-state index in [1.807, 2.05) is 6.92 Å². The molecule has 0 spiro atoms. The van der Waals surface area contributed by atoms with Crippen LogP contribution in [0.15, 0.2) is 12.1 Å². The summed E-state index contributed by atoms with van der Waals surface area (Å²) in [5.41, 5.74) is 0.546. The number of benzene rings is 1. The topological polar surface area (TPSA) is 24.9 Å². The lowest BCUT2D eigenvalue weighted by Gasteiger charge is -2.18. The number of anilines is 1. The second-order valence-corrected chi connectivity index (χ2v) is 4.98. The summed E-state index contributed by atoms with van der Waals surface area (Å²) in [6.45, 7) is 5.45. The Hall–Kier alpha value is -1.49. The van der Waals surface area contributed by atoms with Gasteiger partial charge in [-0.2, -0.15) is 13.2 Å². The van der Waals surface area contributed by atoms with E-state index in [2.05, 4.69) is 10.3 Å². The molecule has 0 fully saturated rings. The molecule has 0 amide bonds. The smallest absolute Gasteiger partial charge is 0.384 e. The zero-order valence-electron chi connectivity index (χ0n) is 11.3. The van der Waals surface area contributed by atoms with E-state index in [1.165, 1.54) is 6.92 Å². The van der Waals surface area contributed by atoms with Gasteiger partial charge in [0.1, 0.15) is 5.69 Å². The fraction of sp³-hybridized carbons (Fsp3) is 0.357. The summed E-state index contributed by atoms with van der Waals surface area (Å²) < 4.78 is 39.3. The summed E-state index contributed by atoms with van der Waals surface area (Å²) in [7, 11) is 0. The molecule has 108 valence electrons. The third kappa shape index (κ3) is 2.42. The lowest BCUT2D eigenvalue weighted by molar-refractivity contribution is -0.141. The molecule has 2 aromatic rings. The van der Waals surface area contributed by atoms with Crippen molar-refractivity contribution in [1.82, 2.24) is 4.98 Å².